The van der Waals surface area contributed by atoms with E-state index in [-0.39, 0.29) is 11.4 Å². The van der Waals surface area contributed by atoms with Crippen molar-refractivity contribution in [2.45, 2.75) is 13.8 Å². The molecule has 0 unspecified atom stereocenters. The Morgan fingerprint density at radius 1 is 1.07 bits per heavy atom. The summed E-state index contributed by atoms with van der Waals surface area (Å²) in [4.78, 5) is 20.0. The van der Waals surface area contributed by atoms with E-state index in [0.29, 0.717) is 28.6 Å². The number of aromatic hydroxyl groups is 1. The van der Waals surface area contributed by atoms with Crippen molar-refractivity contribution in [2.75, 3.05) is 39.4 Å². The number of benzene rings is 2. The first-order valence-corrected chi connectivity index (χ1v) is 10.3. The van der Waals surface area contributed by atoms with E-state index in [1.54, 1.807) is 12.3 Å². The van der Waals surface area contributed by atoms with E-state index in [4.69, 9.17) is 4.74 Å². The van der Waals surface area contributed by atoms with Gasteiger partial charge in [-0.2, -0.15) is 0 Å². The number of morpholine rings is 1. The molecule has 30 heavy (non-hydrogen) atoms. The Bertz CT molecular complexity index is 1140. The highest BCUT2D eigenvalue weighted by atomic mass is 16.5. The van der Waals surface area contributed by atoms with Crippen LogP contribution in [-0.4, -0.2) is 60.2 Å². The topological polar surface area (TPSA) is 67.1 Å². The summed E-state index contributed by atoms with van der Waals surface area (Å²) in [5, 5.41) is 12.3. The largest absolute Gasteiger partial charge is 0.494 e. The number of ether oxygens (including phenoxy) is 1. The molecule has 6 heteroatoms. The van der Waals surface area contributed by atoms with Gasteiger partial charge in [-0.3, -0.25) is 14.7 Å². The molecule has 1 aromatic heterocycles. The van der Waals surface area contributed by atoms with E-state index < -0.39 is 0 Å². The van der Waals surface area contributed by atoms with Gasteiger partial charge in [-0.15, -0.1) is 0 Å². The molecular formula is C24H27N3O3. The van der Waals surface area contributed by atoms with Gasteiger partial charge in [0.1, 0.15) is 0 Å². The molecule has 1 N–H and O–H groups in total. The lowest BCUT2D eigenvalue weighted by Gasteiger charge is -2.25. The summed E-state index contributed by atoms with van der Waals surface area (Å²) >= 11 is 0. The van der Waals surface area contributed by atoms with E-state index in [2.05, 4.69) is 9.89 Å². The van der Waals surface area contributed by atoms with E-state index in [0.717, 1.165) is 44.0 Å². The molecule has 3 aromatic rings. The summed E-state index contributed by atoms with van der Waals surface area (Å²) in [5.41, 5.74) is 3.17. The molecule has 0 amide bonds. The predicted octanol–water partition coefficient (Wildman–Crippen LogP) is 3.06. The van der Waals surface area contributed by atoms with Gasteiger partial charge in [-0.25, -0.2) is 4.57 Å². The molecule has 0 atom stereocenters. The minimum atomic E-state index is -0.239. The van der Waals surface area contributed by atoms with Crippen LogP contribution in [0.25, 0.3) is 16.5 Å². The number of rotatable bonds is 5. The number of fused-ring (bicyclic) bond motifs is 1. The average Bonchev–Trinajstić information content (AvgIpc) is 2.76. The van der Waals surface area contributed by atoms with Crippen molar-refractivity contribution in [3.05, 3.63) is 69.5 Å². The molecule has 1 aliphatic rings. The van der Waals surface area contributed by atoms with Gasteiger partial charge < -0.3 is 9.84 Å². The van der Waals surface area contributed by atoms with Crippen molar-refractivity contribution >= 4 is 17.0 Å². The Balaban J connectivity index is 1.73. The lowest BCUT2D eigenvalue weighted by Crippen LogP contribution is -2.37. The maximum atomic E-state index is 13.2. The monoisotopic (exact) mass is 405 g/mol. The first-order chi connectivity index (χ1) is 14.6. The number of aryl methyl sites for hydroxylation is 2. The highest BCUT2D eigenvalue weighted by molar-refractivity contribution is 6.01. The summed E-state index contributed by atoms with van der Waals surface area (Å²) < 4.78 is 6.75. The fraction of sp³-hybridized carbons (Fsp3) is 0.333. The first-order valence-electron chi connectivity index (χ1n) is 10.3. The second-order valence-electron chi connectivity index (χ2n) is 7.68. The van der Waals surface area contributed by atoms with E-state index in [9.17, 15) is 9.90 Å². The third-order valence-corrected chi connectivity index (χ3v) is 5.72. The number of aliphatic imine (C=N–C) groups is 1. The molecule has 0 aliphatic carbocycles. The fourth-order valence-electron chi connectivity index (χ4n) is 3.77. The lowest BCUT2D eigenvalue weighted by molar-refractivity contribution is 0.0395. The maximum Gasteiger partial charge on any atom is 0.265 e. The van der Waals surface area contributed by atoms with E-state index in [1.165, 1.54) is 4.57 Å². The zero-order valence-electron chi connectivity index (χ0n) is 17.5. The molecule has 6 nitrogen and oxygen atoms in total. The van der Waals surface area contributed by atoms with Crippen LogP contribution >= 0.6 is 0 Å². The SMILES string of the molecule is Cc1ccc(-n2c(O)c(C=NCCN3CCOCC3)c3ccccc3c2=O)cc1C. The lowest BCUT2D eigenvalue weighted by atomic mass is 10.1. The molecule has 156 valence electrons. The number of hydrogen-bond acceptors (Lipinski definition) is 5. The molecular weight excluding hydrogens is 378 g/mol. The Hall–Kier alpha value is -2.96. The van der Waals surface area contributed by atoms with Crippen LogP contribution in [0.15, 0.2) is 52.3 Å². The van der Waals surface area contributed by atoms with Crippen LogP contribution in [0, 0.1) is 13.8 Å². The van der Waals surface area contributed by atoms with Crippen LogP contribution < -0.4 is 5.56 Å². The smallest absolute Gasteiger partial charge is 0.265 e. The quantitative estimate of drug-likeness (QED) is 0.663. The van der Waals surface area contributed by atoms with Crippen LogP contribution in [0.5, 0.6) is 5.88 Å². The fourth-order valence-corrected chi connectivity index (χ4v) is 3.77. The zero-order chi connectivity index (χ0) is 21.1. The standard InChI is InChI=1S/C24H27N3O3/c1-17-7-8-19(15-18(17)2)27-23(28)21-6-4-3-5-20(21)22(24(27)29)16-25-9-10-26-11-13-30-14-12-26/h3-8,15-16,29H,9-14H2,1-2H3. The molecule has 0 saturated carbocycles. The van der Waals surface area contributed by atoms with E-state index in [1.807, 2.05) is 50.2 Å². The van der Waals surface area contributed by atoms with Gasteiger partial charge in [0.2, 0.25) is 5.88 Å². The summed E-state index contributed by atoms with van der Waals surface area (Å²) in [5.74, 6) is -0.0860. The Kier molecular flexibility index (Phi) is 5.97. The predicted molar refractivity (Wildman–Crippen MR) is 120 cm³/mol. The van der Waals surface area contributed by atoms with Gasteiger partial charge >= 0.3 is 0 Å². The molecule has 1 aliphatic heterocycles. The highest BCUT2D eigenvalue weighted by Gasteiger charge is 2.16. The van der Waals surface area contributed by atoms with Crippen LogP contribution in [0.2, 0.25) is 0 Å². The van der Waals surface area contributed by atoms with Gasteiger partial charge in [-0.1, -0.05) is 24.3 Å². The van der Waals surface area contributed by atoms with Crippen molar-refractivity contribution in [3.8, 4) is 11.6 Å². The van der Waals surface area contributed by atoms with Crippen molar-refractivity contribution in [1.82, 2.24) is 9.47 Å². The third kappa shape index (κ3) is 4.01. The van der Waals surface area contributed by atoms with Gasteiger partial charge in [0.15, 0.2) is 0 Å². The van der Waals surface area contributed by atoms with Crippen molar-refractivity contribution < 1.29 is 9.84 Å². The molecule has 0 radical (unpaired) electrons. The number of nitrogens with zero attached hydrogens (tertiary/aromatic N) is 3. The summed E-state index contributed by atoms with van der Waals surface area (Å²) in [6, 6.07) is 13.1. The van der Waals surface area contributed by atoms with Crippen molar-refractivity contribution in [2.24, 2.45) is 4.99 Å². The maximum absolute atomic E-state index is 13.2. The molecule has 2 aromatic carbocycles. The third-order valence-electron chi connectivity index (χ3n) is 5.72. The molecule has 4 rings (SSSR count). The van der Waals surface area contributed by atoms with Gasteiger partial charge in [0.25, 0.3) is 5.56 Å². The average molecular weight is 405 g/mol. The van der Waals surface area contributed by atoms with Gasteiger partial charge in [0, 0.05) is 36.6 Å². The van der Waals surface area contributed by atoms with Crippen LogP contribution in [0.4, 0.5) is 0 Å². The minimum absolute atomic E-state index is 0.0860. The Morgan fingerprint density at radius 3 is 2.53 bits per heavy atom. The number of hydrogen-bond donors (Lipinski definition) is 1. The van der Waals surface area contributed by atoms with Crippen LogP contribution in [0.1, 0.15) is 16.7 Å². The van der Waals surface area contributed by atoms with E-state index >= 15 is 0 Å². The molecule has 1 saturated heterocycles. The first kappa shape index (κ1) is 20.3. The summed E-state index contributed by atoms with van der Waals surface area (Å²) in [7, 11) is 0. The number of pyridine rings is 1. The summed E-state index contributed by atoms with van der Waals surface area (Å²) in [6.07, 6.45) is 1.69. The molecule has 2 heterocycles. The zero-order valence-corrected chi connectivity index (χ0v) is 17.5. The number of aromatic nitrogens is 1. The molecule has 0 spiro atoms. The Morgan fingerprint density at radius 2 is 1.80 bits per heavy atom. The van der Waals surface area contributed by atoms with Crippen molar-refractivity contribution in [3.63, 3.8) is 0 Å². The normalized spacial score (nSPS) is 15.3. The molecule has 0 bridgehead atoms. The summed E-state index contributed by atoms with van der Waals surface area (Å²) in [6.45, 7) is 8.84. The van der Waals surface area contributed by atoms with Crippen molar-refractivity contribution in [1.29, 1.82) is 0 Å². The van der Waals surface area contributed by atoms with Gasteiger partial charge in [-0.05, 0) is 43.2 Å². The second-order valence-corrected chi connectivity index (χ2v) is 7.68. The Labute approximate surface area is 176 Å². The van der Waals surface area contributed by atoms with Gasteiger partial charge in [0.05, 0.1) is 31.0 Å². The highest BCUT2D eigenvalue weighted by Crippen LogP contribution is 2.26. The van der Waals surface area contributed by atoms with Crippen LogP contribution in [0.3, 0.4) is 0 Å². The minimum Gasteiger partial charge on any atom is -0.494 e. The molecule has 1 fully saturated rings. The van der Waals surface area contributed by atoms with Crippen LogP contribution in [-0.2, 0) is 4.74 Å². The second kappa shape index (κ2) is 8.81.